The molecule has 1 aliphatic heterocycles. The highest BCUT2D eigenvalue weighted by Crippen LogP contribution is 2.45. The van der Waals surface area contributed by atoms with E-state index in [0.29, 0.717) is 12.8 Å². The van der Waals surface area contributed by atoms with Gasteiger partial charge < -0.3 is 5.11 Å². The third kappa shape index (κ3) is 2.37. The van der Waals surface area contributed by atoms with Gasteiger partial charge in [0.15, 0.2) is 0 Å². The second-order valence-corrected chi connectivity index (χ2v) is 5.60. The number of imide groups is 1. The smallest absolute Gasteiger partial charge is 0.230 e. The molecule has 2 aliphatic rings. The zero-order valence-corrected chi connectivity index (χ0v) is 10.4. The van der Waals surface area contributed by atoms with Crippen molar-refractivity contribution in [2.45, 2.75) is 57.9 Å². The third-order valence-electron chi connectivity index (χ3n) is 4.21. The van der Waals surface area contributed by atoms with Crippen LogP contribution in [0.4, 0.5) is 0 Å². The van der Waals surface area contributed by atoms with Gasteiger partial charge >= 0.3 is 0 Å². The average Bonchev–Trinajstić information content (AvgIpc) is 2.28. The van der Waals surface area contributed by atoms with Crippen LogP contribution in [0.2, 0.25) is 0 Å². The van der Waals surface area contributed by atoms with E-state index in [0.717, 1.165) is 25.7 Å². The number of nitrogens with zero attached hydrogens (tertiary/aromatic N) is 1. The van der Waals surface area contributed by atoms with Crippen LogP contribution in [0.3, 0.4) is 0 Å². The topological polar surface area (TPSA) is 57.6 Å². The fourth-order valence-corrected chi connectivity index (χ4v) is 3.24. The van der Waals surface area contributed by atoms with Crippen LogP contribution in [-0.4, -0.2) is 34.5 Å². The molecular weight excluding hydrogens is 218 g/mol. The van der Waals surface area contributed by atoms with Gasteiger partial charge in [0.1, 0.15) is 0 Å². The van der Waals surface area contributed by atoms with E-state index in [1.54, 1.807) is 6.92 Å². The van der Waals surface area contributed by atoms with Crippen LogP contribution in [0.5, 0.6) is 0 Å². The Morgan fingerprint density at radius 2 is 1.71 bits per heavy atom. The highest BCUT2D eigenvalue weighted by Gasteiger charge is 2.45. The molecule has 0 unspecified atom stereocenters. The zero-order valence-electron chi connectivity index (χ0n) is 10.4. The number of aliphatic hydroxyl groups excluding tert-OH is 1. The van der Waals surface area contributed by atoms with E-state index in [1.807, 2.05) is 0 Å². The first-order chi connectivity index (χ1) is 8.08. The highest BCUT2D eigenvalue weighted by molar-refractivity contribution is 5.98. The summed E-state index contributed by atoms with van der Waals surface area (Å²) < 4.78 is 0. The summed E-state index contributed by atoms with van der Waals surface area (Å²) in [4.78, 5) is 25.4. The van der Waals surface area contributed by atoms with Gasteiger partial charge in [-0.2, -0.15) is 0 Å². The molecule has 0 aromatic rings. The van der Waals surface area contributed by atoms with Crippen molar-refractivity contribution in [3.05, 3.63) is 0 Å². The molecule has 1 N–H and O–H groups in total. The van der Waals surface area contributed by atoms with E-state index in [9.17, 15) is 9.59 Å². The van der Waals surface area contributed by atoms with Gasteiger partial charge in [-0.3, -0.25) is 14.5 Å². The minimum Gasteiger partial charge on any atom is -0.394 e. The minimum absolute atomic E-state index is 0.0574. The summed E-state index contributed by atoms with van der Waals surface area (Å²) in [5.74, 6) is -0.186. The molecule has 2 fully saturated rings. The largest absolute Gasteiger partial charge is 0.394 e. The van der Waals surface area contributed by atoms with Gasteiger partial charge in [-0.05, 0) is 25.2 Å². The van der Waals surface area contributed by atoms with Crippen molar-refractivity contribution in [1.29, 1.82) is 0 Å². The number of rotatable bonds is 2. The summed E-state index contributed by atoms with van der Waals surface area (Å²) in [6, 6.07) is -0.379. The first kappa shape index (κ1) is 12.6. The molecule has 17 heavy (non-hydrogen) atoms. The number of amides is 2. The van der Waals surface area contributed by atoms with Crippen molar-refractivity contribution in [1.82, 2.24) is 4.90 Å². The van der Waals surface area contributed by atoms with Crippen LogP contribution in [0.1, 0.15) is 51.9 Å². The Balaban J connectivity index is 2.12. The first-order valence-corrected chi connectivity index (χ1v) is 6.54. The molecule has 1 heterocycles. The molecule has 0 radical (unpaired) electrons. The molecule has 1 aliphatic carbocycles. The Labute approximate surface area is 102 Å². The molecular formula is C13H21NO3. The number of aliphatic hydroxyl groups is 1. The van der Waals surface area contributed by atoms with Gasteiger partial charge in [0.2, 0.25) is 11.8 Å². The number of hydrogen-bond donors (Lipinski definition) is 1. The van der Waals surface area contributed by atoms with Gasteiger partial charge in [0.25, 0.3) is 0 Å². The Kier molecular flexibility index (Phi) is 3.52. The van der Waals surface area contributed by atoms with Gasteiger partial charge in [-0.15, -0.1) is 0 Å². The maximum atomic E-state index is 12.1. The lowest BCUT2D eigenvalue weighted by Crippen LogP contribution is -2.53. The summed E-state index contributed by atoms with van der Waals surface area (Å²) >= 11 is 0. The van der Waals surface area contributed by atoms with Crippen LogP contribution in [0.25, 0.3) is 0 Å². The van der Waals surface area contributed by atoms with Crippen LogP contribution < -0.4 is 0 Å². The molecule has 0 aromatic heterocycles. The van der Waals surface area contributed by atoms with Crippen molar-refractivity contribution in [2.75, 3.05) is 6.61 Å². The number of carbonyl (C=O) groups is 2. The second-order valence-electron chi connectivity index (χ2n) is 5.60. The standard InChI is InChI=1S/C13H21NO3/c1-10(9-15)14-11(16)7-13(8-12(14)17)5-3-2-4-6-13/h10,15H,2-9H2,1H3/t10-/m0/s1. The molecule has 1 atom stereocenters. The van der Waals surface area contributed by atoms with Crippen molar-refractivity contribution < 1.29 is 14.7 Å². The molecule has 96 valence electrons. The van der Waals surface area contributed by atoms with Crippen LogP contribution in [-0.2, 0) is 9.59 Å². The van der Waals surface area contributed by atoms with E-state index in [2.05, 4.69) is 0 Å². The molecule has 4 heteroatoms. The Morgan fingerprint density at radius 3 is 2.18 bits per heavy atom. The Morgan fingerprint density at radius 1 is 1.18 bits per heavy atom. The zero-order chi connectivity index (χ0) is 12.5. The molecule has 4 nitrogen and oxygen atoms in total. The predicted molar refractivity (Wildman–Crippen MR) is 63.2 cm³/mol. The molecule has 0 aromatic carbocycles. The van der Waals surface area contributed by atoms with Gasteiger partial charge in [0.05, 0.1) is 12.6 Å². The summed E-state index contributed by atoms with van der Waals surface area (Å²) in [6.07, 6.45) is 6.48. The van der Waals surface area contributed by atoms with Gasteiger partial charge in [-0.25, -0.2) is 0 Å². The summed E-state index contributed by atoms with van der Waals surface area (Å²) in [6.45, 7) is 1.57. The SMILES string of the molecule is C[C@@H](CO)N1C(=O)CC2(CCCCC2)CC1=O. The van der Waals surface area contributed by atoms with Crippen LogP contribution >= 0.6 is 0 Å². The van der Waals surface area contributed by atoms with E-state index < -0.39 is 0 Å². The van der Waals surface area contributed by atoms with Crippen molar-refractivity contribution >= 4 is 11.8 Å². The number of piperidine rings is 1. The third-order valence-corrected chi connectivity index (χ3v) is 4.21. The van der Waals surface area contributed by atoms with Crippen molar-refractivity contribution in [3.8, 4) is 0 Å². The van der Waals surface area contributed by atoms with E-state index in [4.69, 9.17) is 5.11 Å². The lowest BCUT2D eigenvalue weighted by Gasteiger charge is -2.43. The average molecular weight is 239 g/mol. The number of hydrogen-bond acceptors (Lipinski definition) is 3. The second kappa shape index (κ2) is 4.77. The van der Waals surface area contributed by atoms with Crippen molar-refractivity contribution in [2.24, 2.45) is 5.41 Å². The molecule has 2 amide bonds. The quantitative estimate of drug-likeness (QED) is 0.742. The van der Waals surface area contributed by atoms with Crippen LogP contribution in [0.15, 0.2) is 0 Å². The van der Waals surface area contributed by atoms with Crippen molar-refractivity contribution in [3.63, 3.8) is 0 Å². The molecule has 1 spiro atoms. The van der Waals surface area contributed by atoms with Gasteiger partial charge in [-0.1, -0.05) is 19.3 Å². The Hall–Kier alpha value is -0.900. The molecule has 2 rings (SSSR count). The van der Waals surface area contributed by atoms with E-state index in [-0.39, 0.29) is 29.9 Å². The first-order valence-electron chi connectivity index (χ1n) is 6.54. The summed E-state index contributed by atoms with van der Waals surface area (Å²) in [5.41, 5.74) is -0.0574. The van der Waals surface area contributed by atoms with Crippen LogP contribution in [0, 0.1) is 5.41 Å². The maximum absolute atomic E-state index is 12.1. The lowest BCUT2D eigenvalue weighted by molar-refractivity contribution is -0.158. The number of carbonyl (C=O) groups excluding carboxylic acids is 2. The van der Waals surface area contributed by atoms with E-state index in [1.165, 1.54) is 11.3 Å². The van der Waals surface area contributed by atoms with Gasteiger partial charge in [0, 0.05) is 12.8 Å². The number of likely N-dealkylation sites (tertiary alicyclic amines) is 1. The maximum Gasteiger partial charge on any atom is 0.230 e. The monoisotopic (exact) mass is 239 g/mol. The lowest BCUT2D eigenvalue weighted by atomic mass is 9.67. The normalized spacial score (nSPS) is 26.4. The fourth-order valence-electron chi connectivity index (χ4n) is 3.24. The molecule has 0 bridgehead atoms. The molecule has 1 saturated heterocycles. The Bertz CT molecular complexity index is 301. The summed E-state index contributed by atoms with van der Waals surface area (Å²) in [7, 11) is 0. The predicted octanol–water partition coefficient (Wildman–Crippen LogP) is 1.47. The minimum atomic E-state index is -0.379. The molecule has 1 saturated carbocycles. The summed E-state index contributed by atoms with van der Waals surface area (Å²) in [5, 5.41) is 9.08. The highest BCUT2D eigenvalue weighted by atomic mass is 16.3. The van der Waals surface area contributed by atoms with E-state index >= 15 is 0 Å². The fraction of sp³-hybridized carbons (Fsp3) is 0.846.